The zero-order valence-electron chi connectivity index (χ0n) is 14.5. The van der Waals surface area contributed by atoms with Crippen LogP contribution in [0, 0.1) is 0 Å². The summed E-state index contributed by atoms with van der Waals surface area (Å²) in [5.74, 6) is 1.10. The Labute approximate surface area is 162 Å². The maximum atomic E-state index is 6.18. The minimum absolute atomic E-state index is 0.329. The van der Waals surface area contributed by atoms with Gasteiger partial charge in [0.15, 0.2) is 0 Å². The molecule has 1 aliphatic heterocycles. The lowest BCUT2D eigenvalue weighted by Gasteiger charge is -2.33. The van der Waals surface area contributed by atoms with Gasteiger partial charge < -0.3 is 16.0 Å². The van der Waals surface area contributed by atoms with E-state index in [9.17, 15) is 0 Å². The number of nitrogens with one attached hydrogen (secondary N) is 2. The fourth-order valence-electron chi connectivity index (χ4n) is 3.69. The van der Waals surface area contributed by atoms with Crippen LogP contribution < -0.4 is 11.1 Å². The Kier molecular flexibility index (Phi) is 4.69. The van der Waals surface area contributed by atoms with Crippen molar-refractivity contribution in [2.75, 3.05) is 30.7 Å². The van der Waals surface area contributed by atoms with Gasteiger partial charge in [-0.15, -0.1) is 0 Å². The quantitative estimate of drug-likeness (QED) is 0.614. The Balaban J connectivity index is 1.44. The summed E-state index contributed by atoms with van der Waals surface area (Å²) >= 11 is 12.1. The molecule has 0 fully saturated rings. The molecule has 0 amide bonds. The van der Waals surface area contributed by atoms with E-state index >= 15 is 0 Å². The number of nitrogens with zero attached hydrogens (tertiary/aromatic N) is 2. The Hall–Kier alpha value is -1.95. The molecule has 0 bridgehead atoms. The maximum absolute atomic E-state index is 6.18. The van der Waals surface area contributed by atoms with E-state index in [1.165, 1.54) is 16.6 Å². The van der Waals surface area contributed by atoms with Crippen LogP contribution in [0.2, 0.25) is 10.0 Å². The van der Waals surface area contributed by atoms with Crippen molar-refractivity contribution < 1.29 is 0 Å². The number of aromatic nitrogens is 2. The minimum Gasteiger partial charge on any atom is -0.382 e. The first-order valence-electron chi connectivity index (χ1n) is 8.73. The zero-order valence-corrected chi connectivity index (χ0v) is 16.0. The summed E-state index contributed by atoms with van der Waals surface area (Å²) in [4.78, 5) is 10.3. The van der Waals surface area contributed by atoms with Crippen LogP contribution in [0.25, 0.3) is 10.9 Å². The van der Waals surface area contributed by atoms with Crippen molar-refractivity contribution in [3.63, 3.8) is 0 Å². The standard InChI is InChI=1S/C19H21Cl2N5/c1-11-18-13(14-10-12(20)2-4-16(14)24-18)6-8-26(11)9-7-23-17-5-3-15(21)19(22)25-17/h2-5,10-11,24H,6-9H2,1H3,(H3,22,23,25). The zero-order chi connectivity index (χ0) is 18.3. The van der Waals surface area contributed by atoms with Crippen molar-refractivity contribution in [3.05, 3.63) is 51.6 Å². The van der Waals surface area contributed by atoms with Crippen molar-refractivity contribution in [1.29, 1.82) is 0 Å². The van der Waals surface area contributed by atoms with E-state index < -0.39 is 0 Å². The average Bonchev–Trinajstić information content (AvgIpc) is 2.99. The third kappa shape index (κ3) is 3.22. The Morgan fingerprint density at radius 1 is 1.31 bits per heavy atom. The van der Waals surface area contributed by atoms with Gasteiger partial charge in [-0.3, -0.25) is 4.90 Å². The Morgan fingerprint density at radius 2 is 2.15 bits per heavy atom. The van der Waals surface area contributed by atoms with Gasteiger partial charge in [0.05, 0.1) is 5.02 Å². The molecular formula is C19H21Cl2N5. The van der Waals surface area contributed by atoms with E-state index in [1.807, 2.05) is 12.1 Å². The molecule has 136 valence electrons. The highest BCUT2D eigenvalue weighted by molar-refractivity contribution is 6.32. The van der Waals surface area contributed by atoms with Crippen LogP contribution >= 0.6 is 23.2 Å². The number of benzene rings is 1. The number of fused-ring (bicyclic) bond motifs is 3. The SMILES string of the molecule is CC1c2[nH]c3ccc(Cl)cc3c2CCN1CCNc1ccc(Cl)c(N)n1. The Morgan fingerprint density at radius 3 is 2.96 bits per heavy atom. The largest absolute Gasteiger partial charge is 0.382 e. The summed E-state index contributed by atoms with van der Waals surface area (Å²) in [6, 6.07) is 9.99. The fourth-order valence-corrected chi connectivity index (χ4v) is 3.97. The van der Waals surface area contributed by atoms with Gasteiger partial charge in [0, 0.05) is 47.3 Å². The fraction of sp³-hybridized carbons (Fsp3) is 0.316. The molecule has 0 radical (unpaired) electrons. The minimum atomic E-state index is 0.329. The third-order valence-electron chi connectivity index (χ3n) is 5.09. The number of anilines is 2. The molecule has 3 aromatic rings. The van der Waals surface area contributed by atoms with Crippen LogP contribution in [0.3, 0.4) is 0 Å². The lowest BCUT2D eigenvalue weighted by molar-refractivity contribution is 0.204. The number of hydrogen-bond donors (Lipinski definition) is 3. The molecule has 1 unspecified atom stereocenters. The highest BCUT2D eigenvalue weighted by Crippen LogP contribution is 2.35. The molecule has 0 saturated carbocycles. The summed E-state index contributed by atoms with van der Waals surface area (Å²) in [6.07, 6.45) is 1.02. The van der Waals surface area contributed by atoms with Gasteiger partial charge in [-0.1, -0.05) is 23.2 Å². The van der Waals surface area contributed by atoms with Gasteiger partial charge in [-0.05, 0) is 49.2 Å². The molecule has 4 N–H and O–H groups in total. The van der Waals surface area contributed by atoms with Gasteiger partial charge in [-0.2, -0.15) is 0 Å². The van der Waals surface area contributed by atoms with Gasteiger partial charge >= 0.3 is 0 Å². The van der Waals surface area contributed by atoms with Gasteiger partial charge in [0.2, 0.25) is 0 Å². The first-order valence-corrected chi connectivity index (χ1v) is 9.48. The summed E-state index contributed by atoms with van der Waals surface area (Å²) in [5.41, 5.74) is 9.60. The number of nitrogen functional groups attached to an aromatic ring is 1. The topological polar surface area (TPSA) is 70.0 Å². The maximum Gasteiger partial charge on any atom is 0.144 e. The number of rotatable bonds is 4. The number of aromatic amines is 1. The molecule has 7 heteroatoms. The van der Waals surface area contributed by atoms with E-state index in [-0.39, 0.29) is 0 Å². The molecule has 1 atom stereocenters. The van der Waals surface area contributed by atoms with Crippen molar-refractivity contribution in [3.8, 4) is 0 Å². The highest BCUT2D eigenvalue weighted by Gasteiger charge is 2.26. The van der Waals surface area contributed by atoms with Crippen LogP contribution in [-0.4, -0.2) is 34.5 Å². The van der Waals surface area contributed by atoms with Crippen LogP contribution in [0.5, 0.6) is 0 Å². The van der Waals surface area contributed by atoms with Crippen LogP contribution in [0.15, 0.2) is 30.3 Å². The number of halogens is 2. The number of nitrogens with two attached hydrogens (primary N) is 1. The number of pyridine rings is 1. The van der Waals surface area contributed by atoms with Crippen LogP contribution in [0.1, 0.15) is 24.2 Å². The number of hydrogen-bond acceptors (Lipinski definition) is 4. The molecule has 5 nitrogen and oxygen atoms in total. The monoisotopic (exact) mass is 389 g/mol. The lowest BCUT2D eigenvalue weighted by atomic mass is 9.98. The molecule has 4 rings (SSSR count). The third-order valence-corrected chi connectivity index (χ3v) is 5.65. The van der Waals surface area contributed by atoms with E-state index in [2.05, 4.69) is 39.2 Å². The van der Waals surface area contributed by atoms with E-state index in [4.69, 9.17) is 28.9 Å². The summed E-state index contributed by atoms with van der Waals surface area (Å²) in [5, 5.41) is 5.83. The van der Waals surface area contributed by atoms with Gasteiger partial charge in [0.25, 0.3) is 0 Å². The van der Waals surface area contributed by atoms with Crippen molar-refractivity contribution >= 4 is 45.7 Å². The molecule has 2 aromatic heterocycles. The van der Waals surface area contributed by atoms with E-state index in [1.54, 1.807) is 6.07 Å². The molecule has 3 heterocycles. The summed E-state index contributed by atoms with van der Waals surface area (Å²) in [6.45, 7) is 4.97. The molecule has 1 aromatic carbocycles. The highest BCUT2D eigenvalue weighted by atomic mass is 35.5. The lowest BCUT2D eigenvalue weighted by Crippen LogP contribution is -2.37. The molecule has 0 aliphatic carbocycles. The first-order chi connectivity index (χ1) is 12.5. The van der Waals surface area contributed by atoms with Crippen LogP contribution in [-0.2, 0) is 6.42 Å². The Bertz CT molecular complexity index is 952. The summed E-state index contributed by atoms with van der Waals surface area (Å²) < 4.78 is 0. The second-order valence-corrected chi connectivity index (χ2v) is 7.50. The van der Waals surface area contributed by atoms with Gasteiger partial charge in [-0.25, -0.2) is 4.98 Å². The predicted molar refractivity (Wildman–Crippen MR) is 109 cm³/mol. The first kappa shape index (κ1) is 17.5. The normalized spacial score (nSPS) is 17.4. The van der Waals surface area contributed by atoms with Gasteiger partial charge in [0.1, 0.15) is 11.6 Å². The van der Waals surface area contributed by atoms with E-state index in [0.29, 0.717) is 16.9 Å². The van der Waals surface area contributed by atoms with Crippen molar-refractivity contribution in [2.24, 2.45) is 0 Å². The smallest absolute Gasteiger partial charge is 0.144 e. The molecule has 0 spiro atoms. The number of H-pyrrole nitrogens is 1. The molecule has 0 saturated heterocycles. The second kappa shape index (κ2) is 6.99. The predicted octanol–water partition coefficient (Wildman–Crippen LogP) is 4.48. The van der Waals surface area contributed by atoms with Crippen LogP contribution in [0.4, 0.5) is 11.6 Å². The van der Waals surface area contributed by atoms with Crippen molar-refractivity contribution in [2.45, 2.75) is 19.4 Å². The van der Waals surface area contributed by atoms with E-state index in [0.717, 1.165) is 42.4 Å². The van der Waals surface area contributed by atoms with Crippen molar-refractivity contribution in [1.82, 2.24) is 14.9 Å². The average molecular weight is 390 g/mol. The summed E-state index contributed by atoms with van der Waals surface area (Å²) in [7, 11) is 0. The molecule has 1 aliphatic rings. The molecule has 26 heavy (non-hydrogen) atoms. The molecular weight excluding hydrogens is 369 g/mol. The second-order valence-electron chi connectivity index (χ2n) is 6.66.